The fraction of sp³-hybridized carbons (Fsp3) is 0.429. The molecule has 1 aliphatic heterocycles. The Labute approximate surface area is 175 Å². The maximum absolute atomic E-state index is 9.75. The predicted octanol–water partition coefficient (Wildman–Crippen LogP) is 5.13. The molecule has 28 heavy (non-hydrogen) atoms. The third kappa shape index (κ3) is 4.34. The molecule has 0 amide bonds. The van der Waals surface area contributed by atoms with Gasteiger partial charge in [-0.1, -0.05) is 24.9 Å². The Morgan fingerprint density at radius 3 is 2.86 bits per heavy atom. The molecule has 0 saturated carbocycles. The van der Waals surface area contributed by atoms with E-state index in [9.17, 15) is 5.02 Å². The number of halogens is 1. The summed E-state index contributed by atoms with van der Waals surface area (Å²) in [5.41, 5.74) is 4.65. The molecule has 1 aliphatic rings. The lowest BCUT2D eigenvalue weighted by Crippen LogP contribution is -2.09. The minimum Gasteiger partial charge on any atom is -0.450 e. The van der Waals surface area contributed by atoms with E-state index < -0.39 is 0 Å². The number of hydrogen-bond donors (Lipinski definition) is 1. The van der Waals surface area contributed by atoms with Crippen LogP contribution in [-0.2, 0) is 19.4 Å². The van der Waals surface area contributed by atoms with Gasteiger partial charge in [0.05, 0.1) is 14.9 Å². The van der Waals surface area contributed by atoms with E-state index in [4.69, 9.17) is 21.6 Å². The molecule has 7 heteroatoms. The van der Waals surface area contributed by atoms with Crippen molar-refractivity contribution in [3.05, 3.63) is 57.4 Å². The summed E-state index contributed by atoms with van der Waals surface area (Å²) < 4.78 is 3.02. The van der Waals surface area contributed by atoms with Gasteiger partial charge in [-0.05, 0) is 61.2 Å². The summed E-state index contributed by atoms with van der Waals surface area (Å²) in [6, 6.07) is 6.07. The molecule has 1 unspecified atom stereocenters. The lowest BCUT2D eigenvalue weighted by atomic mass is 9.66. The molecule has 146 valence electrons. The molecule has 4 nitrogen and oxygen atoms in total. The summed E-state index contributed by atoms with van der Waals surface area (Å²) in [5, 5.41) is 9.75. The number of thiophene rings is 1. The predicted molar refractivity (Wildman–Crippen MR) is 117 cm³/mol. The Morgan fingerprint density at radius 2 is 2.18 bits per heavy atom. The molecular weight excluding hydrogens is 389 g/mol. The second-order valence-corrected chi connectivity index (χ2v) is 9.46. The van der Waals surface area contributed by atoms with Gasteiger partial charge in [-0.15, -0.1) is 11.3 Å². The highest BCUT2D eigenvalue weighted by Crippen LogP contribution is 2.30. The van der Waals surface area contributed by atoms with Crippen molar-refractivity contribution in [1.29, 1.82) is 0 Å². The summed E-state index contributed by atoms with van der Waals surface area (Å²) >= 11 is 7.62. The van der Waals surface area contributed by atoms with Crippen molar-refractivity contribution in [3.63, 3.8) is 0 Å². The third-order valence-corrected chi connectivity index (χ3v) is 6.84. The second kappa shape index (κ2) is 8.40. The van der Waals surface area contributed by atoms with E-state index in [1.807, 2.05) is 12.1 Å². The molecule has 0 aromatic carbocycles. The molecule has 1 N–H and O–H groups in total. The smallest absolute Gasteiger partial charge is 0.289 e. The van der Waals surface area contributed by atoms with Gasteiger partial charge in [0.25, 0.3) is 6.92 Å². The molecule has 0 radical (unpaired) electrons. The van der Waals surface area contributed by atoms with Gasteiger partial charge in [-0.3, -0.25) is 0 Å². The quantitative estimate of drug-likeness (QED) is 0.570. The van der Waals surface area contributed by atoms with Crippen molar-refractivity contribution in [2.45, 2.75) is 52.3 Å². The first-order valence-electron chi connectivity index (χ1n) is 9.96. The summed E-state index contributed by atoms with van der Waals surface area (Å²) in [4.78, 5) is 10.6. The molecule has 1 atom stereocenters. The molecule has 4 heterocycles. The first kappa shape index (κ1) is 19.7. The van der Waals surface area contributed by atoms with Gasteiger partial charge in [-0.2, -0.15) is 0 Å². The minimum absolute atomic E-state index is 0.111. The summed E-state index contributed by atoms with van der Waals surface area (Å²) in [6.45, 7) is 5.10. The lowest BCUT2D eigenvalue weighted by Gasteiger charge is -2.12. The zero-order chi connectivity index (χ0) is 19.7. The molecule has 0 spiro atoms. The zero-order valence-corrected chi connectivity index (χ0v) is 17.9. The van der Waals surface area contributed by atoms with Crippen LogP contribution in [0.4, 0.5) is 0 Å². The largest absolute Gasteiger partial charge is 0.450 e. The van der Waals surface area contributed by atoms with Crippen LogP contribution in [0.25, 0.3) is 10.7 Å². The number of hydrogen-bond acceptors (Lipinski definition) is 4. The fourth-order valence-corrected chi connectivity index (χ4v) is 5.20. The second-order valence-electron chi connectivity index (χ2n) is 7.74. The first-order valence-corrected chi connectivity index (χ1v) is 11.2. The molecule has 0 bridgehead atoms. The van der Waals surface area contributed by atoms with Crippen LogP contribution in [0.3, 0.4) is 0 Å². The number of nitrogens with zero attached hydrogens (tertiary/aromatic N) is 3. The lowest BCUT2D eigenvalue weighted by molar-refractivity contribution is 0.483. The molecule has 1 fully saturated rings. The van der Waals surface area contributed by atoms with Crippen LogP contribution in [0.5, 0.6) is 0 Å². The van der Waals surface area contributed by atoms with Gasteiger partial charge in [-0.25, -0.2) is 9.97 Å². The van der Waals surface area contributed by atoms with Crippen LogP contribution >= 0.6 is 22.9 Å². The Hall–Kier alpha value is -1.63. The molecular formula is C21H25BClN3OS. The Bertz CT molecular complexity index is 970. The van der Waals surface area contributed by atoms with E-state index in [-0.39, 0.29) is 6.92 Å². The summed E-state index contributed by atoms with van der Waals surface area (Å²) in [5.74, 6) is 1.35. The maximum Gasteiger partial charge on any atom is 0.289 e. The SMILES string of the molecule is CCc1c(C)nc(-c2ccc(Cl)s2)nc1Cc1ccn(CC2CCB(O)C2)c1. The van der Waals surface area contributed by atoms with E-state index in [0.29, 0.717) is 5.92 Å². The van der Waals surface area contributed by atoms with Crippen LogP contribution < -0.4 is 0 Å². The first-order chi connectivity index (χ1) is 13.5. The fourth-order valence-electron chi connectivity index (χ4n) is 4.22. The van der Waals surface area contributed by atoms with Crippen molar-refractivity contribution >= 4 is 29.9 Å². The maximum atomic E-state index is 9.75. The van der Waals surface area contributed by atoms with Gasteiger partial charge in [0.1, 0.15) is 0 Å². The monoisotopic (exact) mass is 413 g/mol. The van der Waals surface area contributed by atoms with Crippen molar-refractivity contribution in [3.8, 4) is 10.7 Å². The number of aromatic nitrogens is 3. The Morgan fingerprint density at radius 1 is 1.32 bits per heavy atom. The number of rotatable bonds is 6. The van der Waals surface area contributed by atoms with E-state index >= 15 is 0 Å². The van der Waals surface area contributed by atoms with Crippen LogP contribution in [0.2, 0.25) is 17.0 Å². The van der Waals surface area contributed by atoms with Crippen molar-refractivity contribution in [1.82, 2.24) is 14.5 Å². The van der Waals surface area contributed by atoms with Gasteiger partial charge < -0.3 is 9.59 Å². The standard InChI is InChI=1S/C21H25BClN3OS/c1-3-17-14(2)24-21(19-4-5-20(23)28-19)25-18(17)10-15-7-9-26(12-15)13-16-6-8-22(27)11-16/h4-5,7,9,12,16,27H,3,6,8,10-11,13H2,1-2H3. The van der Waals surface area contributed by atoms with Crippen LogP contribution in [0, 0.1) is 12.8 Å². The molecule has 3 aromatic heterocycles. The van der Waals surface area contributed by atoms with Gasteiger partial charge in [0.15, 0.2) is 5.82 Å². The number of aryl methyl sites for hydroxylation is 1. The van der Waals surface area contributed by atoms with E-state index in [1.165, 1.54) is 22.5 Å². The third-order valence-electron chi connectivity index (χ3n) is 5.61. The van der Waals surface area contributed by atoms with E-state index in [0.717, 1.165) is 64.9 Å². The zero-order valence-electron chi connectivity index (χ0n) is 16.4. The highest BCUT2D eigenvalue weighted by Gasteiger charge is 2.26. The van der Waals surface area contributed by atoms with Crippen LogP contribution in [0.1, 0.15) is 35.9 Å². The normalized spacial score (nSPS) is 16.9. The Kier molecular flexibility index (Phi) is 5.90. The van der Waals surface area contributed by atoms with Crippen molar-refractivity contribution in [2.75, 3.05) is 0 Å². The van der Waals surface area contributed by atoms with Crippen LogP contribution in [-0.4, -0.2) is 26.5 Å². The van der Waals surface area contributed by atoms with Crippen molar-refractivity contribution < 1.29 is 5.02 Å². The van der Waals surface area contributed by atoms with E-state index in [2.05, 4.69) is 36.9 Å². The van der Waals surface area contributed by atoms with Crippen LogP contribution in [0.15, 0.2) is 30.6 Å². The summed E-state index contributed by atoms with van der Waals surface area (Å²) in [6.07, 6.45) is 9.08. The average molecular weight is 414 g/mol. The van der Waals surface area contributed by atoms with E-state index in [1.54, 1.807) is 0 Å². The average Bonchev–Trinajstić information content (AvgIpc) is 3.38. The van der Waals surface area contributed by atoms with Crippen molar-refractivity contribution in [2.24, 2.45) is 5.92 Å². The molecule has 0 aliphatic carbocycles. The summed E-state index contributed by atoms with van der Waals surface area (Å²) in [7, 11) is 0. The van der Waals surface area contributed by atoms with Gasteiger partial charge in [0, 0.05) is 31.1 Å². The highest BCUT2D eigenvalue weighted by atomic mass is 35.5. The molecule has 3 aromatic rings. The highest BCUT2D eigenvalue weighted by molar-refractivity contribution is 7.19. The Balaban J connectivity index is 1.56. The minimum atomic E-state index is -0.111. The van der Waals surface area contributed by atoms with Gasteiger partial charge in [0.2, 0.25) is 0 Å². The topological polar surface area (TPSA) is 50.9 Å². The van der Waals surface area contributed by atoms with Gasteiger partial charge >= 0.3 is 0 Å². The molecule has 1 saturated heterocycles. The molecule has 4 rings (SSSR count).